The molecule has 3 N–H and O–H groups in total. The molecule has 20 heavy (non-hydrogen) atoms. The monoisotopic (exact) mass is 319 g/mol. The Morgan fingerprint density at radius 2 is 2.15 bits per heavy atom. The van der Waals surface area contributed by atoms with Gasteiger partial charge >= 0.3 is 0 Å². The van der Waals surface area contributed by atoms with Crippen LogP contribution in [0.4, 0.5) is 10.8 Å². The van der Waals surface area contributed by atoms with Crippen LogP contribution in [0.1, 0.15) is 6.42 Å². The summed E-state index contributed by atoms with van der Waals surface area (Å²) in [5, 5.41) is 3.17. The van der Waals surface area contributed by atoms with Crippen molar-refractivity contribution < 1.29 is 13.2 Å². The van der Waals surface area contributed by atoms with Crippen LogP contribution in [0.5, 0.6) is 0 Å². The van der Waals surface area contributed by atoms with E-state index >= 15 is 0 Å². The molecule has 2 rings (SSSR count). The minimum Gasteiger partial charge on any atom is -0.382 e. The summed E-state index contributed by atoms with van der Waals surface area (Å²) < 4.78 is 29.7. The van der Waals surface area contributed by atoms with Crippen LogP contribution in [0.3, 0.4) is 0 Å². The second-order valence-corrected chi connectivity index (χ2v) is 7.46. The lowest BCUT2D eigenvalue weighted by atomic mass is 10.4. The second kappa shape index (κ2) is 5.54. The van der Waals surface area contributed by atoms with E-state index in [4.69, 9.17) is 5.73 Å². The lowest BCUT2D eigenvalue weighted by Crippen LogP contribution is -2.34. The van der Waals surface area contributed by atoms with Crippen LogP contribution in [0.25, 0.3) is 0 Å². The molecule has 1 saturated heterocycles. The first kappa shape index (κ1) is 15.0. The molecular weight excluding hydrogens is 302 g/mol. The summed E-state index contributed by atoms with van der Waals surface area (Å²) in [6.07, 6.45) is 0.741. The van der Waals surface area contributed by atoms with Crippen LogP contribution in [0.15, 0.2) is 4.90 Å². The third-order valence-corrected chi connectivity index (χ3v) is 5.88. The number of amides is 1. The predicted molar refractivity (Wildman–Crippen MR) is 77.2 cm³/mol. The molecule has 0 atom stereocenters. The van der Waals surface area contributed by atoms with Gasteiger partial charge in [-0.15, -0.1) is 0 Å². The minimum atomic E-state index is -3.69. The second-order valence-electron chi connectivity index (χ2n) is 4.61. The average molecular weight is 319 g/mol. The number of carbonyl (C=O) groups excluding carboxylic acids is 1. The van der Waals surface area contributed by atoms with E-state index in [0.29, 0.717) is 18.1 Å². The van der Waals surface area contributed by atoms with Gasteiger partial charge < -0.3 is 16.0 Å². The van der Waals surface area contributed by atoms with Gasteiger partial charge in [-0.05, 0) is 18.0 Å². The third kappa shape index (κ3) is 2.72. The van der Waals surface area contributed by atoms with Crippen molar-refractivity contribution in [3.05, 3.63) is 0 Å². The first-order valence-corrected chi connectivity index (χ1v) is 8.24. The molecule has 1 aliphatic rings. The molecule has 112 valence electrons. The molecule has 0 aliphatic carbocycles. The van der Waals surface area contributed by atoms with Crippen LogP contribution < -0.4 is 16.0 Å². The van der Waals surface area contributed by atoms with Crippen molar-refractivity contribution in [2.24, 2.45) is 0 Å². The Labute approximate surface area is 121 Å². The van der Waals surface area contributed by atoms with Gasteiger partial charge in [-0.2, -0.15) is 4.37 Å². The number of hydrogen-bond acceptors (Lipinski definition) is 7. The van der Waals surface area contributed by atoms with E-state index in [9.17, 15) is 13.2 Å². The molecule has 1 aromatic heterocycles. The van der Waals surface area contributed by atoms with Crippen molar-refractivity contribution in [2.75, 3.05) is 44.4 Å². The van der Waals surface area contributed by atoms with E-state index in [2.05, 4.69) is 9.69 Å². The maximum absolute atomic E-state index is 12.3. The summed E-state index contributed by atoms with van der Waals surface area (Å²) in [4.78, 5) is 13.3. The molecule has 0 radical (unpaired) electrons. The van der Waals surface area contributed by atoms with E-state index < -0.39 is 10.0 Å². The number of sulfonamides is 1. The maximum atomic E-state index is 12.3. The summed E-state index contributed by atoms with van der Waals surface area (Å²) in [6.45, 7) is 1.27. The zero-order chi connectivity index (χ0) is 14.9. The largest absolute Gasteiger partial charge is 0.382 e. The Kier molecular flexibility index (Phi) is 4.16. The Balaban J connectivity index is 2.46. The summed E-state index contributed by atoms with van der Waals surface area (Å²) in [6, 6.07) is 0. The molecule has 0 spiro atoms. The van der Waals surface area contributed by atoms with Crippen LogP contribution in [-0.2, 0) is 14.8 Å². The zero-order valence-electron chi connectivity index (χ0n) is 11.3. The number of nitrogens with two attached hydrogens (primary N) is 1. The maximum Gasteiger partial charge on any atom is 0.249 e. The van der Waals surface area contributed by atoms with Crippen molar-refractivity contribution >= 4 is 38.3 Å². The molecule has 1 aromatic rings. The normalized spacial score (nSPS) is 17.1. The molecule has 1 amide bonds. The highest BCUT2D eigenvalue weighted by Gasteiger charge is 2.31. The fraction of sp³-hybridized carbons (Fsp3) is 0.600. The van der Waals surface area contributed by atoms with Crippen LogP contribution in [-0.4, -0.2) is 56.7 Å². The number of hydrogen-bond donors (Lipinski definition) is 2. The van der Waals surface area contributed by atoms with Crippen molar-refractivity contribution in [3.63, 3.8) is 0 Å². The van der Waals surface area contributed by atoms with Crippen molar-refractivity contribution in [1.82, 2.24) is 14.0 Å². The van der Waals surface area contributed by atoms with Crippen molar-refractivity contribution in [3.8, 4) is 0 Å². The van der Waals surface area contributed by atoms with E-state index in [0.717, 1.165) is 22.3 Å². The van der Waals surface area contributed by atoms with Crippen molar-refractivity contribution in [2.45, 2.75) is 11.3 Å². The number of aromatic nitrogens is 1. The van der Waals surface area contributed by atoms with Crippen LogP contribution in [0.2, 0.25) is 0 Å². The number of nitrogen functional groups attached to an aromatic ring is 1. The van der Waals surface area contributed by atoms with Crippen LogP contribution in [0, 0.1) is 0 Å². The van der Waals surface area contributed by atoms with E-state index in [-0.39, 0.29) is 23.2 Å². The zero-order valence-corrected chi connectivity index (χ0v) is 12.9. The highest BCUT2D eigenvalue weighted by Crippen LogP contribution is 2.36. The lowest BCUT2D eigenvalue weighted by Gasteiger charge is -2.21. The quantitative estimate of drug-likeness (QED) is 0.763. The van der Waals surface area contributed by atoms with Gasteiger partial charge in [0.2, 0.25) is 15.9 Å². The molecule has 1 fully saturated rings. The SMILES string of the molecule is CN(C)S(=O)(=O)c1c(N)nsc1N1CCCNC(=O)C1. The molecule has 10 heteroatoms. The molecule has 0 saturated carbocycles. The molecule has 2 heterocycles. The third-order valence-electron chi connectivity index (χ3n) is 2.94. The number of rotatable bonds is 3. The fourth-order valence-electron chi connectivity index (χ4n) is 1.89. The van der Waals surface area contributed by atoms with Gasteiger partial charge in [0.1, 0.15) is 5.00 Å². The molecular formula is C10H17N5O3S2. The number of nitrogens with one attached hydrogen (secondary N) is 1. The Morgan fingerprint density at radius 1 is 1.45 bits per heavy atom. The smallest absolute Gasteiger partial charge is 0.249 e. The molecule has 0 unspecified atom stereocenters. The predicted octanol–water partition coefficient (Wildman–Crippen LogP) is -0.698. The van der Waals surface area contributed by atoms with Crippen molar-refractivity contribution in [1.29, 1.82) is 0 Å². The van der Waals surface area contributed by atoms with E-state index in [1.165, 1.54) is 14.1 Å². The van der Waals surface area contributed by atoms with E-state index in [1.54, 1.807) is 4.90 Å². The highest BCUT2D eigenvalue weighted by atomic mass is 32.2. The summed E-state index contributed by atoms with van der Waals surface area (Å²) >= 11 is 1.00. The standard InChI is InChI=1S/C10H17N5O3S2/c1-14(2)20(17,18)8-9(11)13-19-10(8)15-5-3-4-12-7(16)6-15/h3-6H2,1-2H3,(H2,11,13)(H,12,16). The first-order chi connectivity index (χ1) is 9.34. The Hall–Kier alpha value is -1.39. The minimum absolute atomic E-state index is 0.0119. The summed E-state index contributed by atoms with van der Waals surface area (Å²) in [7, 11) is -0.819. The fourth-order valence-corrected chi connectivity index (χ4v) is 4.14. The number of carbonyl (C=O) groups is 1. The van der Waals surface area contributed by atoms with Gasteiger partial charge in [-0.3, -0.25) is 4.79 Å². The topological polar surface area (TPSA) is 109 Å². The van der Waals surface area contributed by atoms with Crippen LogP contribution >= 0.6 is 11.5 Å². The summed E-state index contributed by atoms with van der Waals surface area (Å²) in [5.41, 5.74) is 5.71. The van der Waals surface area contributed by atoms with Gasteiger partial charge in [-0.1, -0.05) is 0 Å². The average Bonchev–Trinajstić information content (AvgIpc) is 2.62. The first-order valence-electron chi connectivity index (χ1n) is 6.03. The molecule has 8 nitrogen and oxygen atoms in total. The lowest BCUT2D eigenvalue weighted by molar-refractivity contribution is -0.119. The Morgan fingerprint density at radius 3 is 2.80 bits per heavy atom. The molecule has 0 bridgehead atoms. The number of anilines is 2. The van der Waals surface area contributed by atoms with E-state index in [1.807, 2.05) is 0 Å². The summed E-state index contributed by atoms with van der Waals surface area (Å²) in [5.74, 6) is -0.161. The van der Waals surface area contributed by atoms with Gasteiger partial charge in [0, 0.05) is 27.2 Å². The Bertz CT molecular complexity index is 610. The van der Waals surface area contributed by atoms with Gasteiger partial charge in [0.25, 0.3) is 0 Å². The number of nitrogens with zero attached hydrogens (tertiary/aromatic N) is 3. The van der Waals surface area contributed by atoms with Gasteiger partial charge in [0.05, 0.1) is 6.54 Å². The highest BCUT2D eigenvalue weighted by molar-refractivity contribution is 7.89. The van der Waals surface area contributed by atoms with Gasteiger partial charge in [0.15, 0.2) is 10.7 Å². The molecule has 1 aliphatic heterocycles. The molecule has 0 aromatic carbocycles. The van der Waals surface area contributed by atoms with Gasteiger partial charge in [-0.25, -0.2) is 12.7 Å².